The predicted octanol–water partition coefficient (Wildman–Crippen LogP) is 2.69. The maximum Gasteiger partial charge on any atom is 0.243 e. The van der Waals surface area contributed by atoms with Crippen LogP contribution >= 0.6 is 0 Å². The highest BCUT2D eigenvalue weighted by atomic mass is 32.2. The Morgan fingerprint density at radius 3 is 2.43 bits per heavy atom. The van der Waals surface area contributed by atoms with E-state index in [-0.39, 0.29) is 28.2 Å². The lowest BCUT2D eigenvalue weighted by molar-refractivity contribution is -0.127. The highest BCUT2D eigenvalue weighted by Crippen LogP contribution is 2.31. The van der Waals surface area contributed by atoms with Crippen molar-refractivity contribution < 1.29 is 18.0 Å². The number of anilines is 1. The lowest BCUT2D eigenvalue weighted by atomic mass is 9.94. The molecule has 1 saturated heterocycles. The molecule has 2 heterocycles. The quantitative estimate of drug-likeness (QED) is 0.770. The minimum absolute atomic E-state index is 0.0111. The standard InChI is InChI=1S/C22H33N3O4S/c1-5-22(3,4)23-21(27)17-10-13-24(14-11-17)30(28,29)19-8-9-20-18(15-19)7-6-12-25(20)16(2)26/h8-9,15,17H,5-7,10-14H2,1-4H3,(H,23,27). The van der Waals surface area contributed by atoms with Crippen molar-refractivity contribution in [3.63, 3.8) is 0 Å². The fraction of sp³-hybridized carbons (Fsp3) is 0.636. The molecule has 0 atom stereocenters. The Kier molecular flexibility index (Phi) is 6.57. The average Bonchev–Trinajstić information content (AvgIpc) is 2.72. The molecule has 2 amide bonds. The van der Waals surface area contributed by atoms with Crippen LogP contribution in [0, 0.1) is 5.92 Å². The highest BCUT2D eigenvalue weighted by Gasteiger charge is 2.34. The van der Waals surface area contributed by atoms with Crippen LogP contribution in [-0.2, 0) is 26.0 Å². The lowest BCUT2D eigenvalue weighted by Crippen LogP contribution is -2.48. The van der Waals surface area contributed by atoms with Gasteiger partial charge in [-0.2, -0.15) is 4.31 Å². The second kappa shape index (κ2) is 8.67. The maximum atomic E-state index is 13.2. The molecule has 3 rings (SSSR count). The summed E-state index contributed by atoms with van der Waals surface area (Å²) in [5.41, 5.74) is 1.45. The molecule has 0 radical (unpaired) electrons. The third kappa shape index (κ3) is 4.70. The van der Waals surface area contributed by atoms with Crippen molar-refractivity contribution in [3.8, 4) is 0 Å². The molecule has 8 heteroatoms. The van der Waals surface area contributed by atoms with E-state index in [1.165, 1.54) is 11.2 Å². The van der Waals surface area contributed by atoms with Crippen LogP contribution in [0.15, 0.2) is 23.1 Å². The largest absolute Gasteiger partial charge is 0.351 e. The van der Waals surface area contributed by atoms with Crippen molar-refractivity contribution in [3.05, 3.63) is 23.8 Å². The third-order valence-electron chi connectivity index (χ3n) is 6.36. The van der Waals surface area contributed by atoms with Gasteiger partial charge >= 0.3 is 0 Å². The number of piperidine rings is 1. The minimum Gasteiger partial charge on any atom is -0.351 e. The first-order valence-corrected chi connectivity index (χ1v) is 12.2. The van der Waals surface area contributed by atoms with Gasteiger partial charge in [0.25, 0.3) is 0 Å². The van der Waals surface area contributed by atoms with Gasteiger partial charge in [-0.15, -0.1) is 0 Å². The van der Waals surface area contributed by atoms with Crippen molar-refractivity contribution in [2.24, 2.45) is 5.92 Å². The van der Waals surface area contributed by atoms with E-state index in [0.717, 1.165) is 30.5 Å². The first-order valence-electron chi connectivity index (χ1n) is 10.8. The lowest BCUT2D eigenvalue weighted by Gasteiger charge is -2.33. The van der Waals surface area contributed by atoms with Gasteiger partial charge in [0.1, 0.15) is 0 Å². The van der Waals surface area contributed by atoms with Gasteiger partial charge in [0.05, 0.1) is 4.90 Å². The Morgan fingerprint density at radius 1 is 1.17 bits per heavy atom. The molecule has 1 N–H and O–H groups in total. The maximum absolute atomic E-state index is 13.2. The summed E-state index contributed by atoms with van der Waals surface area (Å²) < 4.78 is 27.9. The van der Waals surface area contributed by atoms with Crippen LogP contribution in [-0.4, -0.2) is 49.7 Å². The summed E-state index contributed by atoms with van der Waals surface area (Å²) in [6.45, 7) is 8.89. The number of nitrogens with one attached hydrogen (secondary N) is 1. The van der Waals surface area contributed by atoms with E-state index in [1.807, 2.05) is 20.8 Å². The molecular formula is C22H33N3O4S. The third-order valence-corrected chi connectivity index (χ3v) is 8.25. The van der Waals surface area contributed by atoms with Crippen LogP contribution in [0.2, 0.25) is 0 Å². The van der Waals surface area contributed by atoms with Crippen molar-refractivity contribution in [1.82, 2.24) is 9.62 Å². The molecule has 2 aliphatic heterocycles. The Hall–Kier alpha value is -1.93. The van der Waals surface area contributed by atoms with Gasteiger partial charge in [0, 0.05) is 43.7 Å². The molecule has 1 aromatic rings. The zero-order valence-electron chi connectivity index (χ0n) is 18.4. The molecule has 0 aromatic heterocycles. The van der Waals surface area contributed by atoms with Gasteiger partial charge in [-0.25, -0.2) is 8.42 Å². The first-order chi connectivity index (χ1) is 14.0. The Balaban J connectivity index is 1.70. The van der Waals surface area contributed by atoms with E-state index < -0.39 is 10.0 Å². The summed E-state index contributed by atoms with van der Waals surface area (Å²) in [5.74, 6) is -0.176. The van der Waals surface area contributed by atoms with Gasteiger partial charge in [-0.1, -0.05) is 6.92 Å². The second-order valence-electron chi connectivity index (χ2n) is 8.97. The number of sulfonamides is 1. The van der Waals surface area contributed by atoms with Crippen LogP contribution in [0.5, 0.6) is 0 Å². The van der Waals surface area contributed by atoms with Gasteiger partial charge in [0.2, 0.25) is 21.8 Å². The zero-order valence-corrected chi connectivity index (χ0v) is 19.2. The fourth-order valence-corrected chi connectivity index (χ4v) is 5.61. The number of carbonyl (C=O) groups is 2. The second-order valence-corrected chi connectivity index (χ2v) is 10.9. The van der Waals surface area contributed by atoms with Crippen molar-refractivity contribution in [2.45, 2.75) is 70.2 Å². The molecule has 1 aromatic carbocycles. The smallest absolute Gasteiger partial charge is 0.243 e. The molecule has 0 aliphatic carbocycles. The van der Waals surface area contributed by atoms with E-state index in [9.17, 15) is 18.0 Å². The van der Waals surface area contributed by atoms with Crippen molar-refractivity contribution in [2.75, 3.05) is 24.5 Å². The number of rotatable bonds is 5. The number of aryl methyl sites for hydroxylation is 1. The Labute approximate surface area is 179 Å². The van der Waals surface area contributed by atoms with Crippen LogP contribution in [0.25, 0.3) is 0 Å². The number of nitrogens with zero attached hydrogens (tertiary/aromatic N) is 2. The molecule has 1 fully saturated rings. The molecule has 30 heavy (non-hydrogen) atoms. The van der Waals surface area contributed by atoms with Crippen molar-refractivity contribution >= 4 is 27.5 Å². The molecule has 7 nitrogen and oxygen atoms in total. The fourth-order valence-electron chi connectivity index (χ4n) is 4.09. The summed E-state index contributed by atoms with van der Waals surface area (Å²) in [6.07, 6.45) is 3.47. The molecule has 2 aliphatic rings. The van der Waals surface area contributed by atoms with Gasteiger partial charge in [0.15, 0.2) is 0 Å². The first kappa shape index (κ1) is 22.7. The van der Waals surface area contributed by atoms with E-state index in [1.54, 1.807) is 23.1 Å². The average molecular weight is 436 g/mol. The number of carbonyl (C=O) groups excluding carboxylic acids is 2. The normalized spacial score (nSPS) is 18.7. The predicted molar refractivity (Wildman–Crippen MR) is 117 cm³/mol. The Bertz CT molecular complexity index is 918. The number of amides is 2. The number of hydrogen-bond donors (Lipinski definition) is 1. The zero-order chi connectivity index (χ0) is 22.1. The summed E-state index contributed by atoms with van der Waals surface area (Å²) in [7, 11) is -3.62. The summed E-state index contributed by atoms with van der Waals surface area (Å²) in [6, 6.07) is 5.05. The highest BCUT2D eigenvalue weighted by molar-refractivity contribution is 7.89. The monoisotopic (exact) mass is 435 g/mol. The van der Waals surface area contributed by atoms with E-state index >= 15 is 0 Å². The van der Waals surface area contributed by atoms with Crippen LogP contribution in [0.1, 0.15) is 58.9 Å². The number of hydrogen-bond acceptors (Lipinski definition) is 4. The van der Waals surface area contributed by atoms with Gasteiger partial charge in [-0.05, 0) is 69.7 Å². The van der Waals surface area contributed by atoms with E-state index in [0.29, 0.717) is 32.5 Å². The van der Waals surface area contributed by atoms with Crippen LogP contribution in [0.4, 0.5) is 5.69 Å². The summed E-state index contributed by atoms with van der Waals surface area (Å²) >= 11 is 0. The van der Waals surface area contributed by atoms with Gasteiger partial charge in [-0.3, -0.25) is 9.59 Å². The molecule has 0 unspecified atom stereocenters. The van der Waals surface area contributed by atoms with E-state index in [4.69, 9.17) is 0 Å². The topological polar surface area (TPSA) is 86.8 Å². The van der Waals surface area contributed by atoms with Crippen LogP contribution in [0.3, 0.4) is 0 Å². The SMILES string of the molecule is CCC(C)(C)NC(=O)C1CCN(S(=O)(=O)c2ccc3c(c2)CCCN3C(C)=O)CC1. The minimum atomic E-state index is -3.62. The van der Waals surface area contributed by atoms with Gasteiger partial charge < -0.3 is 10.2 Å². The van der Waals surface area contributed by atoms with Crippen LogP contribution < -0.4 is 10.2 Å². The number of fused-ring (bicyclic) bond motifs is 1. The Morgan fingerprint density at radius 2 is 1.83 bits per heavy atom. The summed E-state index contributed by atoms with van der Waals surface area (Å²) in [5, 5.41) is 3.07. The molecule has 0 saturated carbocycles. The molecule has 0 bridgehead atoms. The summed E-state index contributed by atoms with van der Waals surface area (Å²) in [4.78, 5) is 26.4. The van der Waals surface area contributed by atoms with E-state index in [2.05, 4.69) is 5.32 Å². The molecule has 0 spiro atoms. The van der Waals surface area contributed by atoms with Crippen molar-refractivity contribution in [1.29, 1.82) is 0 Å². The number of benzene rings is 1. The molecular weight excluding hydrogens is 402 g/mol. The molecule has 166 valence electrons.